The molecule has 0 radical (unpaired) electrons. The topological polar surface area (TPSA) is 72.7 Å². The molecule has 0 amide bonds. The third kappa shape index (κ3) is 3.67. The number of imidazole rings is 1. The van der Waals surface area contributed by atoms with E-state index in [9.17, 15) is 8.42 Å². The quantitative estimate of drug-likeness (QED) is 0.734. The summed E-state index contributed by atoms with van der Waals surface area (Å²) in [6.45, 7) is 4.11. The molecule has 0 aliphatic heterocycles. The first kappa shape index (κ1) is 17.4. The molecule has 0 bridgehead atoms. The van der Waals surface area contributed by atoms with E-state index in [2.05, 4.69) is 9.71 Å². The Bertz CT molecular complexity index is 1010. The summed E-state index contributed by atoms with van der Waals surface area (Å²) in [5, 5.41) is 0. The third-order valence-corrected chi connectivity index (χ3v) is 5.54. The van der Waals surface area contributed by atoms with E-state index in [-0.39, 0.29) is 11.4 Å². The molecule has 6 nitrogen and oxygen atoms in total. The number of aryl methyl sites for hydroxylation is 2. The van der Waals surface area contributed by atoms with Crippen molar-refractivity contribution < 1.29 is 13.2 Å². The molecule has 0 saturated heterocycles. The van der Waals surface area contributed by atoms with Gasteiger partial charge in [0.2, 0.25) is 10.0 Å². The Hall–Kier alpha value is -2.38. The fourth-order valence-corrected chi connectivity index (χ4v) is 3.86. The van der Waals surface area contributed by atoms with Crippen LogP contribution < -0.4 is 9.46 Å². The summed E-state index contributed by atoms with van der Waals surface area (Å²) in [6, 6.07) is 8.77. The molecular weight excluding hydrogens is 338 g/mol. The maximum Gasteiger partial charge on any atom is 0.240 e. The van der Waals surface area contributed by atoms with Gasteiger partial charge in [-0.15, -0.1) is 0 Å². The van der Waals surface area contributed by atoms with Crippen LogP contribution >= 0.6 is 0 Å². The van der Waals surface area contributed by atoms with Crippen LogP contribution in [0.4, 0.5) is 0 Å². The SMILES string of the molecule is COc1ccc(S(=O)(=O)NCCc2cn3cccc(C)c3n2)cc1C. The molecule has 1 N–H and O–H groups in total. The maximum atomic E-state index is 12.4. The van der Waals surface area contributed by atoms with Gasteiger partial charge < -0.3 is 9.14 Å². The molecule has 2 aromatic heterocycles. The minimum absolute atomic E-state index is 0.233. The van der Waals surface area contributed by atoms with Crippen molar-refractivity contribution in [2.75, 3.05) is 13.7 Å². The Kier molecular flexibility index (Phi) is 4.78. The second-order valence-electron chi connectivity index (χ2n) is 5.93. The van der Waals surface area contributed by atoms with Crippen LogP contribution in [-0.4, -0.2) is 31.5 Å². The highest BCUT2D eigenvalue weighted by Crippen LogP contribution is 2.21. The van der Waals surface area contributed by atoms with Crippen molar-refractivity contribution in [3.63, 3.8) is 0 Å². The van der Waals surface area contributed by atoms with Crippen molar-refractivity contribution in [2.45, 2.75) is 25.2 Å². The molecule has 0 unspecified atom stereocenters. The highest BCUT2D eigenvalue weighted by Gasteiger charge is 2.15. The van der Waals surface area contributed by atoms with Gasteiger partial charge in [-0.25, -0.2) is 18.1 Å². The van der Waals surface area contributed by atoms with Crippen molar-refractivity contribution >= 4 is 15.7 Å². The smallest absolute Gasteiger partial charge is 0.240 e. The van der Waals surface area contributed by atoms with E-state index in [4.69, 9.17) is 4.74 Å². The summed E-state index contributed by atoms with van der Waals surface area (Å²) >= 11 is 0. The van der Waals surface area contributed by atoms with E-state index in [0.29, 0.717) is 12.2 Å². The predicted molar refractivity (Wildman–Crippen MR) is 96.6 cm³/mol. The van der Waals surface area contributed by atoms with Crippen LogP contribution in [0.1, 0.15) is 16.8 Å². The van der Waals surface area contributed by atoms with Crippen molar-refractivity contribution in [1.29, 1.82) is 0 Å². The summed E-state index contributed by atoms with van der Waals surface area (Å²) < 4.78 is 34.6. The second kappa shape index (κ2) is 6.85. The number of rotatable bonds is 6. The summed E-state index contributed by atoms with van der Waals surface area (Å²) in [5.74, 6) is 0.666. The van der Waals surface area contributed by atoms with E-state index in [0.717, 1.165) is 22.5 Å². The number of pyridine rings is 1. The zero-order chi connectivity index (χ0) is 18.0. The van der Waals surface area contributed by atoms with Crippen molar-refractivity contribution in [3.8, 4) is 5.75 Å². The van der Waals surface area contributed by atoms with Gasteiger partial charge in [-0.1, -0.05) is 6.07 Å². The van der Waals surface area contributed by atoms with E-state index >= 15 is 0 Å². The number of nitrogens with one attached hydrogen (secondary N) is 1. The van der Waals surface area contributed by atoms with Gasteiger partial charge in [0.25, 0.3) is 0 Å². The molecule has 0 saturated carbocycles. The first-order valence-electron chi connectivity index (χ1n) is 7.98. The van der Waals surface area contributed by atoms with Gasteiger partial charge >= 0.3 is 0 Å². The van der Waals surface area contributed by atoms with Crippen LogP contribution in [0.15, 0.2) is 47.6 Å². The number of hydrogen-bond donors (Lipinski definition) is 1. The second-order valence-corrected chi connectivity index (χ2v) is 7.70. The zero-order valence-electron chi connectivity index (χ0n) is 14.5. The zero-order valence-corrected chi connectivity index (χ0v) is 15.3. The first-order chi connectivity index (χ1) is 11.9. The highest BCUT2D eigenvalue weighted by molar-refractivity contribution is 7.89. The predicted octanol–water partition coefficient (Wildman–Crippen LogP) is 2.48. The number of aromatic nitrogens is 2. The number of benzene rings is 1. The van der Waals surface area contributed by atoms with Crippen LogP contribution in [0.3, 0.4) is 0 Å². The van der Waals surface area contributed by atoms with E-state index in [1.54, 1.807) is 25.3 Å². The molecule has 132 valence electrons. The lowest BCUT2D eigenvalue weighted by Gasteiger charge is -2.09. The number of sulfonamides is 1. The van der Waals surface area contributed by atoms with E-state index in [1.807, 2.05) is 42.8 Å². The Morgan fingerprint density at radius 1 is 1.20 bits per heavy atom. The Labute approximate surface area is 147 Å². The summed E-state index contributed by atoms with van der Waals surface area (Å²) in [6.07, 6.45) is 4.38. The Morgan fingerprint density at radius 3 is 2.68 bits per heavy atom. The van der Waals surface area contributed by atoms with Gasteiger partial charge in [0, 0.05) is 25.4 Å². The summed E-state index contributed by atoms with van der Waals surface area (Å²) in [7, 11) is -2.00. The first-order valence-corrected chi connectivity index (χ1v) is 9.46. The number of ether oxygens (including phenoxy) is 1. The molecule has 0 aliphatic rings. The average molecular weight is 359 g/mol. The van der Waals surface area contributed by atoms with Gasteiger partial charge in [-0.2, -0.15) is 0 Å². The standard InChI is InChI=1S/C18H21N3O3S/c1-13-5-4-10-21-12-15(20-18(13)21)8-9-19-25(22,23)16-6-7-17(24-3)14(2)11-16/h4-7,10-12,19H,8-9H2,1-3H3. The molecule has 3 rings (SSSR count). The number of methoxy groups -OCH3 is 1. The Morgan fingerprint density at radius 2 is 2.00 bits per heavy atom. The largest absolute Gasteiger partial charge is 0.496 e. The summed E-state index contributed by atoms with van der Waals surface area (Å²) in [4.78, 5) is 4.79. The summed E-state index contributed by atoms with van der Waals surface area (Å²) in [5.41, 5.74) is 3.61. The molecule has 7 heteroatoms. The molecule has 2 heterocycles. The van der Waals surface area contributed by atoms with Gasteiger partial charge in [0.05, 0.1) is 17.7 Å². The number of nitrogens with zero attached hydrogens (tertiary/aromatic N) is 2. The van der Waals surface area contributed by atoms with E-state index in [1.165, 1.54) is 0 Å². The lowest BCUT2D eigenvalue weighted by molar-refractivity contribution is 0.411. The molecule has 0 aliphatic carbocycles. The molecule has 1 aromatic carbocycles. The number of fused-ring (bicyclic) bond motifs is 1. The molecule has 0 spiro atoms. The minimum Gasteiger partial charge on any atom is -0.496 e. The molecule has 3 aromatic rings. The van der Waals surface area contributed by atoms with E-state index < -0.39 is 10.0 Å². The molecule has 0 atom stereocenters. The third-order valence-electron chi connectivity index (χ3n) is 4.08. The van der Waals surface area contributed by atoms with Crippen LogP contribution in [0.25, 0.3) is 5.65 Å². The fourth-order valence-electron chi connectivity index (χ4n) is 2.74. The van der Waals surface area contributed by atoms with Crippen LogP contribution in [-0.2, 0) is 16.4 Å². The highest BCUT2D eigenvalue weighted by atomic mass is 32.2. The van der Waals surface area contributed by atoms with Gasteiger partial charge in [0.15, 0.2) is 0 Å². The van der Waals surface area contributed by atoms with Crippen LogP contribution in [0.5, 0.6) is 5.75 Å². The maximum absolute atomic E-state index is 12.4. The normalized spacial score (nSPS) is 11.8. The van der Waals surface area contributed by atoms with Crippen molar-refractivity contribution in [1.82, 2.24) is 14.1 Å². The van der Waals surface area contributed by atoms with Crippen LogP contribution in [0.2, 0.25) is 0 Å². The lowest BCUT2D eigenvalue weighted by Crippen LogP contribution is -2.26. The molecular formula is C18H21N3O3S. The monoisotopic (exact) mass is 359 g/mol. The van der Waals surface area contributed by atoms with Crippen LogP contribution in [0, 0.1) is 13.8 Å². The molecule has 0 fully saturated rings. The van der Waals surface area contributed by atoms with Gasteiger partial charge in [-0.05, 0) is 49.2 Å². The Balaban J connectivity index is 1.69. The van der Waals surface area contributed by atoms with Gasteiger partial charge in [0.1, 0.15) is 11.4 Å². The fraction of sp³-hybridized carbons (Fsp3) is 0.278. The van der Waals surface area contributed by atoms with Gasteiger partial charge in [-0.3, -0.25) is 0 Å². The average Bonchev–Trinajstić information content (AvgIpc) is 2.99. The lowest BCUT2D eigenvalue weighted by atomic mass is 10.2. The van der Waals surface area contributed by atoms with Crippen molar-refractivity contribution in [3.05, 3.63) is 59.5 Å². The minimum atomic E-state index is -3.56. The number of hydrogen-bond acceptors (Lipinski definition) is 4. The van der Waals surface area contributed by atoms with Crippen molar-refractivity contribution in [2.24, 2.45) is 0 Å². The molecule has 25 heavy (non-hydrogen) atoms.